The van der Waals surface area contributed by atoms with Crippen molar-refractivity contribution in [3.05, 3.63) is 51.7 Å². The number of nitrogens with zero attached hydrogens (tertiary/aromatic N) is 2. The Morgan fingerprint density at radius 3 is 2.76 bits per heavy atom. The van der Waals surface area contributed by atoms with Crippen LogP contribution >= 0.6 is 11.3 Å². The van der Waals surface area contributed by atoms with E-state index in [2.05, 4.69) is 35.1 Å². The first-order valence-electron chi connectivity index (χ1n) is 10.0. The number of aromatic nitrogens is 1. The van der Waals surface area contributed by atoms with E-state index in [1.165, 1.54) is 17.4 Å². The number of pyridine rings is 1. The predicted octanol–water partition coefficient (Wildman–Crippen LogP) is 4.81. The van der Waals surface area contributed by atoms with Crippen molar-refractivity contribution in [3.63, 3.8) is 0 Å². The number of hydrogen-bond donors (Lipinski definition) is 2. The lowest BCUT2D eigenvalue weighted by atomic mass is 9.76. The molecule has 3 rings (SSSR count). The number of aryl methyl sites for hydroxylation is 2. The molecule has 2 aromatic rings. The fourth-order valence-corrected chi connectivity index (χ4v) is 5.08. The molecule has 0 aromatic carbocycles. The molecule has 158 valence electrons. The maximum Gasteiger partial charge on any atom is 0.404 e. The van der Waals surface area contributed by atoms with Gasteiger partial charge in [0.2, 0.25) is 0 Å². The fraction of sp³-hybridized carbons (Fsp3) is 0.545. The SMILES string of the molecule is Cc1ccc(C(C)(C)N2CC[C@@](CCc3ccc(F)s3)([C@H](C)NC(=O)O)C2)cn1. The molecule has 2 aromatic heterocycles. The highest BCUT2D eigenvalue weighted by Gasteiger charge is 2.47. The maximum absolute atomic E-state index is 13.4. The molecule has 0 bridgehead atoms. The van der Waals surface area contributed by atoms with Gasteiger partial charge < -0.3 is 10.4 Å². The summed E-state index contributed by atoms with van der Waals surface area (Å²) in [5.41, 5.74) is 1.73. The largest absolute Gasteiger partial charge is 0.465 e. The zero-order chi connectivity index (χ0) is 21.2. The van der Waals surface area contributed by atoms with Gasteiger partial charge in [-0.15, -0.1) is 11.3 Å². The average Bonchev–Trinajstić information content (AvgIpc) is 3.27. The highest BCUT2D eigenvalue weighted by molar-refractivity contribution is 7.10. The van der Waals surface area contributed by atoms with Crippen molar-refractivity contribution < 1.29 is 14.3 Å². The smallest absolute Gasteiger partial charge is 0.404 e. The van der Waals surface area contributed by atoms with E-state index in [0.29, 0.717) is 0 Å². The quantitative estimate of drug-likeness (QED) is 0.676. The number of likely N-dealkylation sites (tertiary alicyclic amines) is 1. The van der Waals surface area contributed by atoms with Gasteiger partial charge in [-0.05, 0) is 77.3 Å². The summed E-state index contributed by atoms with van der Waals surface area (Å²) in [6.07, 6.45) is 3.39. The Morgan fingerprint density at radius 1 is 1.41 bits per heavy atom. The van der Waals surface area contributed by atoms with Crippen LogP contribution in [-0.4, -0.2) is 40.2 Å². The van der Waals surface area contributed by atoms with Gasteiger partial charge in [-0.2, -0.15) is 4.39 Å². The van der Waals surface area contributed by atoms with Crippen LogP contribution in [0.3, 0.4) is 0 Å². The molecule has 5 nitrogen and oxygen atoms in total. The van der Waals surface area contributed by atoms with Crippen LogP contribution in [0, 0.1) is 17.5 Å². The zero-order valence-corrected chi connectivity index (χ0v) is 18.4. The number of rotatable bonds is 7. The summed E-state index contributed by atoms with van der Waals surface area (Å²) >= 11 is 1.17. The van der Waals surface area contributed by atoms with Gasteiger partial charge in [0.15, 0.2) is 5.13 Å². The molecule has 3 heterocycles. The third kappa shape index (κ3) is 4.78. The second-order valence-electron chi connectivity index (χ2n) is 8.66. The monoisotopic (exact) mass is 419 g/mol. The molecule has 0 saturated carbocycles. The molecular weight excluding hydrogens is 389 g/mol. The van der Waals surface area contributed by atoms with Gasteiger partial charge in [0, 0.05) is 40.3 Å². The fourth-order valence-electron chi connectivity index (χ4n) is 4.36. The van der Waals surface area contributed by atoms with Gasteiger partial charge in [0.1, 0.15) is 0 Å². The topological polar surface area (TPSA) is 65.5 Å². The third-order valence-electron chi connectivity index (χ3n) is 6.55. The summed E-state index contributed by atoms with van der Waals surface area (Å²) in [7, 11) is 0. The Morgan fingerprint density at radius 2 is 2.17 bits per heavy atom. The molecular formula is C22H30FN3O2S. The molecule has 1 aliphatic heterocycles. The summed E-state index contributed by atoms with van der Waals surface area (Å²) in [5, 5.41) is 11.8. The van der Waals surface area contributed by atoms with Crippen LogP contribution in [0.1, 0.15) is 49.7 Å². The van der Waals surface area contributed by atoms with E-state index in [1.807, 2.05) is 32.2 Å². The third-order valence-corrected chi connectivity index (χ3v) is 7.48. The van der Waals surface area contributed by atoms with E-state index in [1.54, 1.807) is 0 Å². The van der Waals surface area contributed by atoms with Gasteiger partial charge in [-0.25, -0.2) is 4.79 Å². The molecule has 0 unspecified atom stereocenters. The average molecular weight is 420 g/mol. The van der Waals surface area contributed by atoms with E-state index >= 15 is 0 Å². The second-order valence-corrected chi connectivity index (χ2v) is 9.78. The number of carboxylic acid groups (broad SMARTS) is 1. The van der Waals surface area contributed by atoms with Crippen LogP contribution in [0.15, 0.2) is 30.5 Å². The van der Waals surface area contributed by atoms with Crippen LogP contribution in [0.25, 0.3) is 0 Å². The minimum absolute atomic E-state index is 0.174. The Bertz CT molecular complexity index is 852. The number of amides is 1. The van der Waals surface area contributed by atoms with Crippen molar-refractivity contribution in [1.29, 1.82) is 0 Å². The molecule has 0 radical (unpaired) electrons. The Hall–Kier alpha value is -1.99. The lowest BCUT2D eigenvalue weighted by Crippen LogP contribution is -2.49. The Kier molecular flexibility index (Phi) is 6.29. The molecule has 2 N–H and O–H groups in total. The van der Waals surface area contributed by atoms with Crippen LogP contribution in [0.5, 0.6) is 0 Å². The van der Waals surface area contributed by atoms with Crippen molar-refractivity contribution in [2.24, 2.45) is 5.41 Å². The first-order chi connectivity index (χ1) is 13.6. The van der Waals surface area contributed by atoms with E-state index in [4.69, 9.17) is 0 Å². The van der Waals surface area contributed by atoms with E-state index in [0.717, 1.165) is 48.5 Å². The Labute approximate surface area is 176 Å². The highest BCUT2D eigenvalue weighted by Crippen LogP contribution is 2.43. The van der Waals surface area contributed by atoms with E-state index < -0.39 is 6.09 Å². The molecule has 1 saturated heterocycles. The molecule has 29 heavy (non-hydrogen) atoms. The zero-order valence-electron chi connectivity index (χ0n) is 17.5. The summed E-state index contributed by atoms with van der Waals surface area (Å²) in [5.74, 6) is 0. The highest BCUT2D eigenvalue weighted by atomic mass is 32.1. The molecule has 0 spiro atoms. The molecule has 1 aliphatic rings. The Balaban J connectivity index is 1.81. The summed E-state index contributed by atoms with van der Waals surface area (Å²) in [6.45, 7) is 9.98. The van der Waals surface area contributed by atoms with Crippen molar-refractivity contribution in [1.82, 2.24) is 15.2 Å². The van der Waals surface area contributed by atoms with Crippen LogP contribution in [0.2, 0.25) is 0 Å². The van der Waals surface area contributed by atoms with Gasteiger partial charge in [0.25, 0.3) is 0 Å². The molecule has 0 aliphatic carbocycles. The summed E-state index contributed by atoms with van der Waals surface area (Å²) < 4.78 is 13.4. The van der Waals surface area contributed by atoms with Crippen LogP contribution in [0.4, 0.5) is 9.18 Å². The van der Waals surface area contributed by atoms with Crippen molar-refractivity contribution in [2.45, 2.75) is 58.5 Å². The molecule has 1 fully saturated rings. The number of carbonyl (C=O) groups is 1. The summed E-state index contributed by atoms with van der Waals surface area (Å²) in [6, 6.07) is 7.29. The van der Waals surface area contributed by atoms with Crippen LogP contribution in [-0.2, 0) is 12.0 Å². The lowest BCUT2D eigenvalue weighted by Gasteiger charge is -2.40. The van der Waals surface area contributed by atoms with Crippen molar-refractivity contribution >= 4 is 17.4 Å². The number of thiophene rings is 1. The van der Waals surface area contributed by atoms with Gasteiger partial charge in [-0.1, -0.05) is 6.07 Å². The van der Waals surface area contributed by atoms with E-state index in [-0.39, 0.29) is 22.1 Å². The predicted molar refractivity (Wildman–Crippen MR) is 114 cm³/mol. The number of hydrogen-bond acceptors (Lipinski definition) is 4. The molecule has 2 atom stereocenters. The summed E-state index contributed by atoms with van der Waals surface area (Å²) in [4.78, 5) is 19.2. The number of halogens is 1. The van der Waals surface area contributed by atoms with Crippen molar-refractivity contribution in [2.75, 3.05) is 13.1 Å². The maximum atomic E-state index is 13.4. The van der Waals surface area contributed by atoms with Gasteiger partial charge >= 0.3 is 6.09 Å². The first-order valence-corrected chi connectivity index (χ1v) is 10.9. The molecule has 7 heteroatoms. The second kappa shape index (κ2) is 8.40. The van der Waals surface area contributed by atoms with Crippen molar-refractivity contribution in [3.8, 4) is 0 Å². The lowest BCUT2D eigenvalue weighted by molar-refractivity contribution is 0.109. The normalized spacial score (nSPS) is 21.3. The van der Waals surface area contributed by atoms with E-state index in [9.17, 15) is 14.3 Å². The number of nitrogens with one attached hydrogen (secondary N) is 1. The minimum Gasteiger partial charge on any atom is -0.465 e. The molecule has 1 amide bonds. The van der Waals surface area contributed by atoms with Gasteiger partial charge in [0.05, 0.1) is 0 Å². The minimum atomic E-state index is -1.00. The standard InChI is InChI=1S/C22H30FN3O2S/c1-15-5-6-17(13-24-15)21(3,4)26-12-11-22(14-26,16(2)25-20(27)28)10-9-18-7-8-19(23)29-18/h5-8,13,16,25H,9-12,14H2,1-4H3,(H,27,28)/t16-,22+/m0/s1. The first kappa shape index (κ1) is 21.7. The van der Waals surface area contributed by atoms with Crippen LogP contribution < -0.4 is 5.32 Å². The van der Waals surface area contributed by atoms with Gasteiger partial charge in [-0.3, -0.25) is 9.88 Å².